The van der Waals surface area contributed by atoms with Gasteiger partial charge < -0.3 is 10.2 Å². The maximum absolute atomic E-state index is 13.0. The van der Waals surface area contributed by atoms with Crippen LogP contribution < -0.4 is 10.2 Å². The van der Waals surface area contributed by atoms with Crippen LogP contribution in [0.4, 0.5) is 24.5 Å². The van der Waals surface area contributed by atoms with Gasteiger partial charge >= 0.3 is 6.18 Å². The van der Waals surface area contributed by atoms with Crippen molar-refractivity contribution in [1.29, 1.82) is 0 Å². The maximum Gasteiger partial charge on any atom is 0.416 e. The molecule has 0 amide bonds. The average molecular weight is 515 g/mol. The Morgan fingerprint density at radius 2 is 1.73 bits per heavy atom. The van der Waals surface area contributed by atoms with Gasteiger partial charge in [0.15, 0.2) is 0 Å². The number of nitro groups is 1. The van der Waals surface area contributed by atoms with E-state index in [9.17, 15) is 23.3 Å². The van der Waals surface area contributed by atoms with Crippen molar-refractivity contribution in [3.8, 4) is 11.3 Å². The zero-order chi connectivity index (χ0) is 26.0. The number of halogens is 3. The molecular weight excluding hydrogens is 485 g/mol. The van der Waals surface area contributed by atoms with Crippen LogP contribution in [0.25, 0.3) is 11.3 Å². The molecule has 3 aromatic rings. The molecule has 37 heavy (non-hydrogen) atoms. The molecule has 5 rings (SSSR count). The summed E-state index contributed by atoms with van der Waals surface area (Å²) >= 11 is 0. The molecule has 0 bridgehead atoms. The molecule has 11 heteroatoms. The number of aryl methyl sites for hydroxylation is 1. The van der Waals surface area contributed by atoms with Crippen LogP contribution >= 0.6 is 0 Å². The molecule has 2 aliphatic rings. The van der Waals surface area contributed by atoms with E-state index in [0.717, 1.165) is 87.7 Å². The van der Waals surface area contributed by atoms with E-state index in [2.05, 4.69) is 15.1 Å². The number of alkyl halides is 3. The van der Waals surface area contributed by atoms with Crippen molar-refractivity contribution < 1.29 is 18.1 Å². The third-order valence-corrected chi connectivity index (χ3v) is 7.13. The summed E-state index contributed by atoms with van der Waals surface area (Å²) in [5.41, 5.74) is 3.79. The molecule has 0 radical (unpaired) electrons. The van der Waals surface area contributed by atoms with E-state index in [4.69, 9.17) is 5.10 Å². The van der Waals surface area contributed by atoms with Gasteiger partial charge in [-0.05, 0) is 24.6 Å². The quantitative estimate of drug-likeness (QED) is 0.374. The Labute approximate surface area is 212 Å². The lowest BCUT2D eigenvalue weighted by Crippen LogP contribution is -2.47. The molecule has 196 valence electrons. The van der Waals surface area contributed by atoms with Crippen molar-refractivity contribution in [2.45, 2.75) is 32.1 Å². The first kappa shape index (κ1) is 25.2. The van der Waals surface area contributed by atoms with Gasteiger partial charge in [0, 0.05) is 81.7 Å². The first-order valence-electron chi connectivity index (χ1n) is 12.5. The second-order valence-corrected chi connectivity index (χ2v) is 9.43. The van der Waals surface area contributed by atoms with Gasteiger partial charge in [0.2, 0.25) is 0 Å². The molecule has 0 spiro atoms. The van der Waals surface area contributed by atoms with Crippen LogP contribution in [0.3, 0.4) is 0 Å². The Hall–Kier alpha value is -3.44. The Balaban J connectivity index is 1.21. The van der Waals surface area contributed by atoms with Gasteiger partial charge in [-0.2, -0.15) is 18.3 Å². The van der Waals surface area contributed by atoms with E-state index in [1.165, 1.54) is 12.1 Å². The van der Waals surface area contributed by atoms with Crippen LogP contribution in [0.5, 0.6) is 0 Å². The van der Waals surface area contributed by atoms with Crippen LogP contribution in [-0.2, 0) is 25.7 Å². The second-order valence-electron chi connectivity index (χ2n) is 9.43. The number of benzene rings is 2. The molecule has 0 aliphatic carbocycles. The SMILES string of the molecule is O=[N+]([O-])c1ccccc1N1CCN(CCCn2nc(-c3ccc(C(F)(F)F)cc3)c3c2CCNC3)CC1. The predicted molar refractivity (Wildman–Crippen MR) is 134 cm³/mol. The second kappa shape index (κ2) is 10.5. The molecule has 0 saturated carbocycles. The fourth-order valence-corrected chi connectivity index (χ4v) is 5.20. The molecular formula is C26H29F3N6O2. The predicted octanol–water partition coefficient (Wildman–Crippen LogP) is 4.34. The number of aromatic nitrogens is 2. The van der Waals surface area contributed by atoms with Crippen molar-refractivity contribution in [2.75, 3.05) is 44.2 Å². The van der Waals surface area contributed by atoms with Gasteiger partial charge in [0.1, 0.15) is 5.69 Å². The molecule has 1 saturated heterocycles. The lowest BCUT2D eigenvalue weighted by Gasteiger charge is -2.35. The van der Waals surface area contributed by atoms with E-state index in [-0.39, 0.29) is 10.6 Å². The summed E-state index contributed by atoms with van der Waals surface area (Å²) in [5, 5.41) is 19.5. The highest BCUT2D eigenvalue weighted by atomic mass is 19.4. The number of nitrogens with zero attached hydrogens (tertiary/aromatic N) is 5. The fraction of sp³-hybridized carbons (Fsp3) is 0.423. The third kappa shape index (κ3) is 5.47. The smallest absolute Gasteiger partial charge is 0.363 e. The highest BCUT2D eigenvalue weighted by Gasteiger charge is 2.30. The van der Waals surface area contributed by atoms with Gasteiger partial charge in [-0.1, -0.05) is 24.3 Å². The number of fused-ring (bicyclic) bond motifs is 1. The highest BCUT2D eigenvalue weighted by molar-refractivity contribution is 5.65. The fourth-order valence-electron chi connectivity index (χ4n) is 5.20. The molecule has 1 fully saturated rings. The van der Waals surface area contributed by atoms with Gasteiger partial charge in [-0.3, -0.25) is 19.7 Å². The Morgan fingerprint density at radius 3 is 2.43 bits per heavy atom. The largest absolute Gasteiger partial charge is 0.416 e. The minimum absolute atomic E-state index is 0.137. The van der Waals surface area contributed by atoms with Crippen LogP contribution in [-0.4, -0.2) is 58.9 Å². The van der Waals surface area contributed by atoms with E-state index in [0.29, 0.717) is 17.8 Å². The topological polar surface area (TPSA) is 79.5 Å². The molecule has 1 aromatic heterocycles. The molecule has 2 aromatic carbocycles. The minimum atomic E-state index is -4.36. The monoisotopic (exact) mass is 514 g/mol. The number of nitro benzene ring substituents is 1. The summed E-state index contributed by atoms with van der Waals surface area (Å²) in [6, 6.07) is 12.1. The van der Waals surface area contributed by atoms with Crippen LogP contribution in [0.2, 0.25) is 0 Å². The summed E-state index contributed by atoms with van der Waals surface area (Å²) in [7, 11) is 0. The molecule has 8 nitrogen and oxygen atoms in total. The van der Waals surface area contributed by atoms with Gasteiger partial charge in [-0.15, -0.1) is 0 Å². The molecule has 0 unspecified atom stereocenters. The van der Waals surface area contributed by atoms with Crippen LogP contribution in [0.15, 0.2) is 48.5 Å². The summed E-state index contributed by atoms with van der Waals surface area (Å²) in [5.74, 6) is 0. The number of anilines is 1. The van der Waals surface area contributed by atoms with Gasteiger partial charge in [0.25, 0.3) is 5.69 Å². The zero-order valence-corrected chi connectivity index (χ0v) is 20.4. The van der Waals surface area contributed by atoms with E-state index in [1.807, 2.05) is 10.7 Å². The standard InChI is InChI=1S/C26H29F3N6O2/c27-26(28,29)20-8-6-19(7-9-20)25-21-18-30-11-10-22(21)34(31-25)13-3-12-32-14-16-33(17-15-32)23-4-1-2-5-24(23)35(36)37/h1-2,4-9,30H,3,10-18H2. The first-order chi connectivity index (χ1) is 17.8. The van der Waals surface area contributed by atoms with Gasteiger partial charge in [-0.25, -0.2) is 0 Å². The normalized spacial score (nSPS) is 16.6. The molecule has 2 aliphatic heterocycles. The van der Waals surface area contributed by atoms with Crippen molar-refractivity contribution in [3.63, 3.8) is 0 Å². The molecule has 1 N–H and O–H groups in total. The number of hydrogen-bond donors (Lipinski definition) is 1. The maximum atomic E-state index is 13.0. The number of nitrogens with one attached hydrogen (secondary N) is 1. The summed E-state index contributed by atoms with van der Waals surface area (Å²) in [6.07, 6.45) is -2.64. The summed E-state index contributed by atoms with van der Waals surface area (Å²) in [6.45, 7) is 6.21. The van der Waals surface area contributed by atoms with E-state index in [1.54, 1.807) is 18.2 Å². The van der Waals surface area contributed by atoms with Gasteiger partial charge in [0.05, 0.1) is 16.2 Å². The van der Waals surface area contributed by atoms with Crippen LogP contribution in [0, 0.1) is 10.1 Å². The highest BCUT2D eigenvalue weighted by Crippen LogP contribution is 2.33. The first-order valence-corrected chi connectivity index (χ1v) is 12.5. The Bertz CT molecular complexity index is 1250. The Morgan fingerprint density at radius 1 is 1.00 bits per heavy atom. The number of hydrogen-bond acceptors (Lipinski definition) is 6. The van der Waals surface area contributed by atoms with Crippen molar-refractivity contribution in [2.24, 2.45) is 0 Å². The Kier molecular flexibility index (Phi) is 7.16. The van der Waals surface area contributed by atoms with Crippen molar-refractivity contribution in [3.05, 3.63) is 75.5 Å². The van der Waals surface area contributed by atoms with Crippen molar-refractivity contribution >= 4 is 11.4 Å². The average Bonchev–Trinajstić information content (AvgIpc) is 3.27. The number of para-hydroxylation sites is 2. The minimum Gasteiger partial charge on any atom is -0.363 e. The third-order valence-electron chi connectivity index (χ3n) is 7.13. The molecule has 3 heterocycles. The summed E-state index contributed by atoms with van der Waals surface area (Å²) in [4.78, 5) is 15.5. The zero-order valence-electron chi connectivity index (χ0n) is 20.4. The van der Waals surface area contributed by atoms with Crippen LogP contribution in [0.1, 0.15) is 23.2 Å². The molecule has 0 atom stereocenters. The summed E-state index contributed by atoms with van der Waals surface area (Å²) < 4.78 is 41.0. The lowest BCUT2D eigenvalue weighted by molar-refractivity contribution is -0.384. The van der Waals surface area contributed by atoms with E-state index >= 15 is 0 Å². The van der Waals surface area contributed by atoms with Crippen molar-refractivity contribution in [1.82, 2.24) is 20.0 Å². The number of rotatable bonds is 7. The van der Waals surface area contributed by atoms with E-state index < -0.39 is 11.7 Å². The number of piperazine rings is 1. The lowest BCUT2D eigenvalue weighted by atomic mass is 10.0.